The number of hydrogen-bond donors (Lipinski definition) is 1. The van der Waals surface area contributed by atoms with Gasteiger partial charge < -0.3 is 20.1 Å². The maximum Gasteiger partial charge on any atom is 0.414 e. The molecule has 1 aromatic rings. The molecule has 0 aromatic heterocycles. The van der Waals surface area contributed by atoms with Gasteiger partial charge in [-0.3, -0.25) is 14.5 Å². The number of carbonyl (C=O) groups is 2. The molecule has 9 nitrogen and oxygen atoms in total. The van der Waals surface area contributed by atoms with E-state index in [1.807, 2.05) is 0 Å². The van der Waals surface area contributed by atoms with Crippen LogP contribution in [0.25, 0.3) is 0 Å². The van der Waals surface area contributed by atoms with Crippen LogP contribution in [-0.4, -0.2) is 74.7 Å². The van der Waals surface area contributed by atoms with Crippen molar-refractivity contribution in [3.63, 3.8) is 0 Å². The number of nitrogens with two attached hydrogens (primary N) is 1. The number of amides is 2. The molecule has 3 rings (SSSR count). The van der Waals surface area contributed by atoms with Crippen LogP contribution in [0.2, 0.25) is 0 Å². The van der Waals surface area contributed by atoms with Gasteiger partial charge in [-0.25, -0.2) is 18.6 Å². The quantitative estimate of drug-likeness (QED) is 0.602. The summed E-state index contributed by atoms with van der Waals surface area (Å²) in [6.07, 6.45) is -0.128. The minimum Gasteiger partial charge on any atom is -0.490 e. The summed E-state index contributed by atoms with van der Waals surface area (Å²) >= 11 is 4.98. The first-order chi connectivity index (χ1) is 15.3. The molecule has 2 aliphatic rings. The zero-order valence-corrected chi connectivity index (χ0v) is 18.5. The minimum atomic E-state index is -0.821. The molecule has 32 heavy (non-hydrogen) atoms. The third kappa shape index (κ3) is 5.61. The lowest BCUT2D eigenvalue weighted by Gasteiger charge is -2.24. The maximum absolute atomic E-state index is 14.9. The van der Waals surface area contributed by atoms with Gasteiger partial charge in [-0.05, 0) is 18.6 Å². The van der Waals surface area contributed by atoms with Gasteiger partial charge in [-0.1, -0.05) is 0 Å². The minimum absolute atomic E-state index is 0.0661. The SMILES string of the molecule is COC(=S)CC[C@H]1CN(c2cc(F)c(N3CCON(C(=O)CCN)CC3)c(F)c2)C(=O)O1. The first-order valence-corrected chi connectivity index (χ1v) is 10.7. The number of methoxy groups -OCH3 is 1. The Balaban J connectivity index is 1.69. The Morgan fingerprint density at radius 1 is 1.25 bits per heavy atom. The molecular formula is C20H26F2N4O5S. The van der Waals surface area contributed by atoms with Gasteiger partial charge in [-0.15, -0.1) is 0 Å². The van der Waals surface area contributed by atoms with E-state index >= 15 is 0 Å². The molecule has 176 valence electrons. The summed E-state index contributed by atoms with van der Waals surface area (Å²) in [6, 6.07) is 2.20. The van der Waals surface area contributed by atoms with E-state index in [4.69, 9.17) is 32.3 Å². The van der Waals surface area contributed by atoms with Crippen LogP contribution in [0.1, 0.15) is 19.3 Å². The zero-order chi connectivity index (χ0) is 23.3. The van der Waals surface area contributed by atoms with E-state index in [1.165, 1.54) is 22.0 Å². The lowest BCUT2D eigenvalue weighted by atomic mass is 10.2. The molecule has 1 atom stereocenters. The van der Waals surface area contributed by atoms with Crippen molar-refractivity contribution < 1.29 is 32.7 Å². The monoisotopic (exact) mass is 472 g/mol. The standard InChI is InChI=1S/C20H26F2N4O5S/c1-29-18(32)3-2-14-12-25(20(28)31-14)13-10-15(21)19(16(22)11-13)24-6-7-26(30-9-8-24)17(27)4-5-23/h10-11,14H,2-9,12,23H2,1H3/t14-/m0/s1. The summed E-state index contributed by atoms with van der Waals surface area (Å²) in [6.45, 7) is 0.929. The number of hydroxylamine groups is 2. The van der Waals surface area contributed by atoms with Crippen LogP contribution in [0.3, 0.4) is 0 Å². The predicted octanol–water partition coefficient (Wildman–Crippen LogP) is 1.97. The molecule has 0 aliphatic carbocycles. The van der Waals surface area contributed by atoms with Crippen LogP contribution in [0.4, 0.5) is 25.0 Å². The first kappa shape index (κ1) is 24.1. The predicted molar refractivity (Wildman–Crippen MR) is 116 cm³/mol. The van der Waals surface area contributed by atoms with E-state index in [0.29, 0.717) is 17.9 Å². The maximum atomic E-state index is 14.9. The van der Waals surface area contributed by atoms with Gasteiger partial charge in [0, 0.05) is 44.6 Å². The van der Waals surface area contributed by atoms with Crippen molar-refractivity contribution in [2.45, 2.75) is 25.4 Å². The molecule has 2 amide bonds. The number of ether oxygens (including phenoxy) is 2. The number of anilines is 2. The molecule has 2 saturated heterocycles. The van der Waals surface area contributed by atoms with Crippen molar-refractivity contribution in [3.8, 4) is 0 Å². The molecule has 0 saturated carbocycles. The molecular weight excluding hydrogens is 446 g/mol. The van der Waals surface area contributed by atoms with Gasteiger partial charge >= 0.3 is 6.09 Å². The second kappa shape index (κ2) is 10.8. The van der Waals surface area contributed by atoms with Crippen LogP contribution in [0.15, 0.2) is 12.1 Å². The summed E-state index contributed by atoms with van der Waals surface area (Å²) in [5, 5.41) is 1.57. The van der Waals surface area contributed by atoms with E-state index in [-0.39, 0.29) is 63.0 Å². The number of hydrogen-bond acceptors (Lipinski definition) is 8. The van der Waals surface area contributed by atoms with Gasteiger partial charge in [0.2, 0.25) is 5.91 Å². The second-order valence-electron chi connectivity index (χ2n) is 7.34. The summed E-state index contributed by atoms with van der Waals surface area (Å²) in [5.41, 5.74) is 5.22. The lowest BCUT2D eigenvalue weighted by Crippen LogP contribution is -2.35. The lowest BCUT2D eigenvalue weighted by molar-refractivity contribution is -0.181. The molecule has 2 N–H and O–H groups in total. The van der Waals surface area contributed by atoms with Crippen LogP contribution in [0, 0.1) is 11.6 Å². The fraction of sp³-hybridized carbons (Fsp3) is 0.550. The smallest absolute Gasteiger partial charge is 0.414 e. The number of nitrogens with zero attached hydrogens (tertiary/aromatic N) is 3. The molecule has 0 spiro atoms. The van der Waals surface area contributed by atoms with Crippen molar-refractivity contribution in [2.24, 2.45) is 5.73 Å². The zero-order valence-electron chi connectivity index (χ0n) is 17.7. The fourth-order valence-corrected chi connectivity index (χ4v) is 3.71. The molecule has 1 aromatic carbocycles. The Labute approximate surface area is 189 Å². The normalized spacial score (nSPS) is 19.1. The molecule has 12 heteroatoms. The second-order valence-corrected chi connectivity index (χ2v) is 7.80. The number of cyclic esters (lactones) is 1. The highest BCUT2D eigenvalue weighted by atomic mass is 32.1. The third-order valence-corrected chi connectivity index (χ3v) is 5.59. The number of carbonyl (C=O) groups excluding carboxylic acids is 2. The van der Waals surface area contributed by atoms with Crippen molar-refractivity contribution in [1.82, 2.24) is 5.06 Å². The highest BCUT2D eigenvalue weighted by Crippen LogP contribution is 2.32. The van der Waals surface area contributed by atoms with Crippen LogP contribution < -0.4 is 15.5 Å². The van der Waals surface area contributed by atoms with Gasteiger partial charge in [0.1, 0.15) is 11.8 Å². The molecule has 2 fully saturated rings. The van der Waals surface area contributed by atoms with E-state index in [9.17, 15) is 18.4 Å². The Hall–Kier alpha value is -2.57. The summed E-state index contributed by atoms with van der Waals surface area (Å²) in [5.74, 6) is -1.92. The van der Waals surface area contributed by atoms with Gasteiger partial charge in [0.15, 0.2) is 16.7 Å². The van der Waals surface area contributed by atoms with Crippen molar-refractivity contribution in [1.29, 1.82) is 0 Å². The Bertz CT molecular complexity index is 851. The van der Waals surface area contributed by atoms with Crippen molar-refractivity contribution in [3.05, 3.63) is 23.8 Å². The third-order valence-electron chi connectivity index (χ3n) is 5.22. The average molecular weight is 473 g/mol. The molecule has 0 radical (unpaired) electrons. The van der Waals surface area contributed by atoms with E-state index in [2.05, 4.69) is 0 Å². The largest absolute Gasteiger partial charge is 0.490 e. The topological polar surface area (TPSA) is 97.6 Å². The highest BCUT2D eigenvalue weighted by molar-refractivity contribution is 7.80. The van der Waals surface area contributed by atoms with Crippen molar-refractivity contribution in [2.75, 3.05) is 56.2 Å². The van der Waals surface area contributed by atoms with Crippen LogP contribution >= 0.6 is 12.2 Å². The van der Waals surface area contributed by atoms with Gasteiger partial charge in [0.05, 0.1) is 32.5 Å². The molecule has 2 heterocycles. The average Bonchev–Trinajstić information content (AvgIpc) is 2.96. The molecule has 0 bridgehead atoms. The summed E-state index contributed by atoms with van der Waals surface area (Å²) < 4.78 is 40.1. The van der Waals surface area contributed by atoms with Crippen molar-refractivity contribution >= 4 is 40.6 Å². The van der Waals surface area contributed by atoms with E-state index < -0.39 is 23.8 Å². The Morgan fingerprint density at radius 3 is 2.62 bits per heavy atom. The fourth-order valence-electron chi connectivity index (χ4n) is 3.59. The summed E-state index contributed by atoms with van der Waals surface area (Å²) in [4.78, 5) is 32.2. The number of thiocarbonyl (C=S) groups is 1. The number of halogens is 2. The Kier molecular flexibility index (Phi) is 8.15. The Morgan fingerprint density at radius 2 is 1.97 bits per heavy atom. The van der Waals surface area contributed by atoms with Crippen LogP contribution in [0.5, 0.6) is 0 Å². The summed E-state index contributed by atoms with van der Waals surface area (Å²) in [7, 11) is 1.47. The first-order valence-electron chi connectivity index (χ1n) is 10.3. The van der Waals surface area contributed by atoms with E-state index in [0.717, 1.165) is 12.1 Å². The molecule has 0 unspecified atom stereocenters. The highest BCUT2D eigenvalue weighted by Gasteiger charge is 2.34. The van der Waals surface area contributed by atoms with Gasteiger partial charge in [-0.2, -0.15) is 0 Å². The number of rotatable bonds is 7. The van der Waals surface area contributed by atoms with Crippen LogP contribution in [-0.2, 0) is 19.1 Å². The van der Waals surface area contributed by atoms with Gasteiger partial charge in [0.25, 0.3) is 0 Å². The number of benzene rings is 1. The molecule has 2 aliphatic heterocycles. The van der Waals surface area contributed by atoms with E-state index in [1.54, 1.807) is 0 Å².